The summed E-state index contributed by atoms with van der Waals surface area (Å²) in [5.74, 6) is -1.05. The number of para-hydroxylation sites is 2. The predicted octanol–water partition coefficient (Wildman–Crippen LogP) is 5.17. The van der Waals surface area contributed by atoms with Crippen LogP contribution < -0.4 is 10.2 Å². The fourth-order valence-electron chi connectivity index (χ4n) is 3.97. The number of halogens is 1. The Morgan fingerprint density at radius 2 is 1.61 bits per heavy atom. The van der Waals surface area contributed by atoms with Crippen molar-refractivity contribution in [1.29, 1.82) is 0 Å². The highest BCUT2D eigenvalue weighted by Gasteiger charge is 2.35. The molecule has 1 saturated heterocycles. The van der Waals surface area contributed by atoms with Crippen molar-refractivity contribution in [2.45, 2.75) is 6.54 Å². The van der Waals surface area contributed by atoms with Crippen molar-refractivity contribution in [3.8, 4) is 0 Å². The van der Waals surface area contributed by atoms with Crippen molar-refractivity contribution in [2.75, 3.05) is 4.90 Å². The van der Waals surface area contributed by atoms with Crippen LogP contribution in [0.25, 0.3) is 17.0 Å². The van der Waals surface area contributed by atoms with Crippen LogP contribution in [0, 0.1) is 0 Å². The molecule has 5 rings (SSSR count). The number of nitrogens with one attached hydrogen (secondary N) is 1. The number of rotatable bonds is 4. The summed E-state index contributed by atoms with van der Waals surface area (Å²) in [4.78, 5) is 27.4. The van der Waals surface area contributed by atoms with Crippen molar-refractivity contribution in [3.63, 3.8) is 0 Å². The van der Waals surface area contributed by atoms with Gasteiger partial charge in [-0.15, -0.1) is 0 Å². The largest absolute Gasteiger partial charge is 0.342 e. The monoisotopic (exact) mass is 471 g/mol. The van der Waals surface area contributed by atoms with Crippen molar-refractivity contribution in [3.05, 3.63) is 107 Å². The van der Waals surface area contributed by atoms with E-state index in [0.29, 0.717) is 17.3 Å². The molecule has 2 heterocycles. The molecular formula is C26H18ClN3O2S. The third-order valence-corrected chi connectivity index (χ3v) is 6.11. The molecule has 0 saturated carbocycles. The lowest BCUT2D eigenvalue weighted by Gasteiger charge is -2.29. The number of hydrogen-bond acceptors (Lipinski definition) is 3. The molecule has 0 atom stereocenters. The van der Waals surface area contributed by atoms with E-state index in [2.05, 4.69) is 22.0 Å². The van der Waals surface area contributed by atoms with Crippen LogP contribution >= 0.6 is 23.8 Å². The van der Waals surface area contributed by atoms with Gasteiger partial charge in [-0.25, -0.2) is 0 Å². The average Bonchev–Trinajstić information content (AvgIpc) is 3.16. The summed E-state index contributed by atoms with van der Waals surface area (Å²) >= 11 is 11.6. The maximum absolute atomic E-state index is 13.4. The Morgan fingerprint density at radius 3 is 2.39 bits per heavy atom. The van der Waals surface area contributed by atoms with Crippen LogP contribution in [-0.4, -0.2) is 21.5 Å². The highest BCUT2D eigenvalue weighted by Crippen LogP contribution is 2.30. The Morgan fingerprint density at radius 1 is 0.909 bits per heavy atom. The molecule has 1 fully saturated rings. The molecule has 7 heteroatoms. The van der Waals surface area contributed by atoms with Crippen LogP contribution in [0.3, 0.4) is 0 Å². The van der Waals surface area contributed by atoms with Gasteiger partial charge in [0.2, 0.25) is 0 Å². The first-order valence-corrected chi connectivity index (χ1v) is 11.1. The van der Waals surface area contributed by atoms with E-state index >= 15 is 0 Å². The van der Waals surface area contributed by atoms with E-state index in [-0.39, 0.29) is 10.7 Å². The quantitative estimate of drug-likeness (QED) is 0.253. The fourth-order valence-corrected chi connectivity index (χ4v) is 4.46. The zero-order chi connectivity index (χ0) is 22.9. The molecule has 1 aliphatic heterocycles. The summed E-state index contributed by atoms with van der Waals surface area (Å²) in [6.07, 6.45) is 3.57. The van der Waals surface area contributed by atoms with Gasteiger partial charge in [-0.05, 0) is 42.1 Å². The Bertz CT molecular complexity index is 1440. The first kappa shape index (κ1) is 21.1. The van der Waals surface area contributed by atoms with Crippen LogP contribution in [0.1, 0.15) is 11.1 Å². The van der Waals surface area contributed by atoms with E-state index in [0.717, 1.165) is 22.0 Å². The second kappa shape index (κ2) is 8.65. The number of nitrogens with zero attached hydrogens (tertiary/aromatic N) is 2. The zero-order valence-electron chi connectivity index (χ0n) is 17.4. The maximum Gasteiger partial charge on any atom is 0.270 e. The van der Waals surface area contributed by atoms with Crippen molar-refractivity contribution >= 4 is 63.4 Å². The third-order valence-electron chi connectivity index (χ3n) is 5.51. The summed E-state index contributed by atoms with van der Waals surface area (Å²) in [6.45, 7) is 0.667. The Kier molecular flexibility index (Phi) is 5.54. The van der Waals surface area contributed by atoms with Crippen LogP contribution in [0.15, 0.2) is 90.6 Å². The minimum Gasteiger partial charge on any atom is -0.342 e. The molecule has 5 nitrogen and oxygen atoms in total. The van der Waals surface area contributed by atoms with Gasteiger partial charge in [-0.1, -0.05) is 72.3 Å². The summed E-state index contributed by atoms with van der Waals surface area (Å²) in [5.41, 5.74) is 3.35. The van der Waals surface area contributed by atoms with E-state index in [9.17, 15) is 9.59 Å². The zero-order valence-corrected chi connectivity index (χ0v) is 18.9. The number of thiocarbonyl (C=S) groups is 1. The van der Waals surface area contributed by atoms with Gasteiger partial charge in [0.25, 0.3) is 11.8 Å². The second-order valence-electron chi connectivity index (χ2n) is 7.62. The molecule has 1 aliphatic rings. The third kappa shape index (κ3) is 3.95. The maximum atomic E-state index is 13.4. The predicted molar refractivity (Wildman–Crippen MR) is 135 cm³/mol. The highest BCUT2D eigenvalue weighted by molar-refractivity contribution is 7.80. The topological polar surface area (TPSA) is 54.3 Å². The van der Waals surface area contributed by atoms with Crippen molar-refractivity contribution in [2.24, 2.45) is 0 Å². The number of anilines is 1. The first-order valence-electron chi connectivity index (χ1n) is 10.3. The molecule has 0 radical (unpaired) electrons. The van der Waals surface area contributed by atoms with Gasteiger partial charge in [0.05, 0.1) is 10.7 Å². The molecule has 0 aliphatic carbocycles. The highest BCUT2D eigenvalue weighted by atomic mass is 35.5. The number of hydrogen-bond donors (Lipinski definition) is 1. The van der Waals surface area contributed by atoms with Gasteiger partial charge in [0.15, 0.2) is 5.11 Å². The number of amides is 2. The van der Waals surface area contributed by atoms with E-state index in [1.165, 1.54) is 4.90 Å². The van der Waals surface area contributed by atoms with Gasteiger partial charge in [-0.3, -0.25) is 19.8 Å². The molecule has 0 unspecified atom stereocenters. The molecule has 162 valence electrons. The van der Waals surface area contributed by atoms with E-state index < -0.39 is 11.8 Å². The minimum absolute atomic E-state index is 0.00163. The summed E-state index contributed by atoms with van der Waals surface area (Å²) < 4.78 is 2.11. The van der Waals surface area contributed by atoms with Gasteiger partial charge >= 0.3 is 0 Å². The lowest BCUT2D eigenvalue weighted by molar-refractivity contribution is -0.122. The second-order valence-corrected chi connectivity index (χ2v) is 8.42. The van der Waals surface area contributed by atoms with Gasteiger partial charge in [-0.2, -0.15) is 0 Å². The Labute approximate surface area is 200 Å². The fraction of sp³-hybridized carbons (Fsp3) is 0.0385. The van der Waals surface area contributed by atoms with Crippen LogP contribution in [0.5, 0.6) is 0 Å². The Balaban J connectivity index is 1.59. The van der Waals surface area contributed by atoms with E-state index in [1.54, 1.807) is 30.3 Å². The number of carbonyl (C=O) groups excluding carboxylic acids is 2. The van der Waals surface area contributed by atoms with E-state index in [1.807, 2.05) is 48.7 Å². The standard InChI is InChI=1S/C26H18ClN3O2S/c27-21-11-5-7-13-23(21)30-25(32)20(24(31)28-26(30)33)14-18-16-29(15-17-8-2-1-3-9-17)22-12-6-4-10-19(18)22/h1-14,16H,15H2,(H,28,31,33)/b20-14-. The lowest BCUT2D eigenvalue weighted by atomic mass is 10.1. The summed E-state index contributed by atoms with van der Waals surface area (Å²) in [6, 6.07) is 24.9. The number of benzene rings is 3. The summed E-state index contributed by atoms with van der Waals surface area (Å²) in [5, 5.41) is 3.92. The molecule has 2 amide bonds. The van der Waals surface area contributed by atoms with E-state index in [4.69, 9.17) is 23.8 Å². The van der Waals surface area contributed by atoms with Gasteiger partial charge in [0, 0.05) is 29.2 Å². The number of carbonyl (C=O) groups is 2. The Hall–Kier alpha value is -3.74. The lowest BCUT2D eigenvalue weighted by Crippen LogP contribution is -2.54. The molecule has 0 spiro atoms. The molecule has 4 aromatic rings. The van der Waals surface area contributed by atoms with Crippen molar-refractivity contribution < 1.29 is 9.59 Å². The smallest absolute Gasteiger partial charge is 0.270 e. The molecule has 1 aromatic heterocycles. The molecular weight excluding hydrogens is 454 g/mol. The van der Waals surface area contributed by atoms with Crippen LogP contribution in [0.2, 0.25) is 5.02 Å². The number of fused-ring (bicyclic) bond motifs is 1. The number of aromatic nitrogens is 1. The summed E-state index contributed by atoms with van der Waals surface area (Å²) in [7, 11) is 0. The SMILES string of the molecule is O=C1NC(=S)N(c2ccccc2Cl)C(=O)/C1=C\c1cn(Cc2ccccc2)c2ccccc12. The van der Waals surface area contributed by atoms with Gasteiger partial charge in [0.1, 0.15) is 5.57 Å². The molecule has 3 aromatic carbocycles. The molecule has 33 heavy (non-hydrogen) atoms. The van der Waals surface area contributed by atoms with Gasteiger partial charge < -0.3 is 4.57 Å². The first-order chi connectivity index (χ1) is 16.0. The normalized spacial score (nSPS) is 15.4. The minimum atomic E-state index is -0.534. The van der Waals surface area contributed by atoms with Crippen molar-refractivity contribution in [1.82, 2.24) is 9.88 Å². The molecule has 1 N–H and O–H groups in total. The van der Waals surface area contributed by atoms with Crippen LogP contribution in [-0.2, 0) is 16.1 Å². The molecule has 0 bridgehead atoms. The van der Waals surface area contributed by atoms with Crippen LogP contribution in [0.4, 0.5) is 5.69 Å². The average molecular weight is 472 g/mol.